The standard InChI is InChI=1S/C11H10ClNO3/c1-13-9-3-2-6(12)4-7(9)8(5-14)10(13)11(15)16/h2-4,14H,5H2,1H3,(H,15,16). The van der Waals surface area contributed by atoms with Gasteiger partial charge in [-0.15, -0.1) is 0 Å². The highest BCUT2D eigenvalue weighted by molar-refractivity contribution is 6.31. The van der Waals surface area contributed by atoms with E-state index in [4.69, 9.17) is 16.7 Å². The van der Waals surface area contributed by atoms with E-state index in [0.29, 0.717) is 16.0 Å². The molecule has 5 heteroatoms. The van der Waals surface area contributed by atoms with Crippen LogP contribution < -0.4 is 0 Å². The number of aliphatic hydroxyl groups excluding tert-OH is 1. The summed E-state index contributed by atoms with van der Waals surface area (Å²) in [5.41, 5.74) is 1.23. The van der Waals surface area contributed by atoms with Crippen molar-refractivity contribution in [2.75, 3.05) is 0 Å². The zero-order valence-corrected chi connectivity index (χ0v) is 9.32. The molecule has 0 aliphatic carbocycles. The number of rotatable bonds is 2. The molecule has 0 unspecified atom stereocenters. The van der Waals surface area contributed by atoms with Crippen LogP contribution >= 0.6 is 11.6 Å². The maximum absolute atomic E-state index is 11.1. The van der Waals surface area contributed by atoms with Gasteiger partial charge in [0.1, 0.15) is 5.69 Å². The van der Waals surface area contributed by atoms with E-state index < -0.39 is 5.97 Å². The van der Waals surface area contributed by atoms with Crippen molar-refractivity contribution in [2.45, 2.75) is 6.61 Å². The fourth-order valence-electron chi connectivity index (χ4n) is 1.93. The summed E-state index contributed by atoms with van der Waals surface area (Å²) in [6, 6.07) is 5.09. The van der Waals surface area contributed by atoms with Crippen LogP contribution in [0.5, 0.6) is 0 Å². The minimum absolute atomic E-state index is 0.0970. The Balaban J connectivity index is 2.91. The summed E-state index contributed by atoms with van der Waals surface area (Å²) in [6.45, 7) is -0.320. The van der Waals surface area contributed by atoms with E-state index in [1.165, 1.54) is 0 Å². The molecule has 2 N–H and O–H groups in total. The number of hydrogen-bond acceptors (Lipinski definition) is 2. The molecule has 0 amide bonds. The van der Waals surface area contributed by atoms with Gasteiger partial charge in [0.05, 0.1) is 6.61 Å². The number of aromatic carboxylic acids is 1. The van der Waals surface area contributed by atoms with Crippen molar-refractivity contribution in [1.29, 1.82) is 0 Å². The van der Waals surface area contributed by atoms with Crippen molar-refractivity contribution < 1.29 is 15.0 Å². The SMILES string of the molecule is Cn1c(C(=O)O)c(CO)c2cc(Cl)ccc21. The van der Waals surface area contributed by atoms with E-state index in [9.17, 15) is 9.90 Å². The van der Waals surface area contributed by atoms with Crippen molar-refractivity contribution in [3.05, 3.63) is 34.5 Å². The zero-order valence-electron chi connectivity index (χ0n) is 8.57. The lowest BCUT2D eigenvalue weighted by atomic mass is 10.1. The molecule has 1 heterocycles. The molecule has 0 bridgehead atoms. The van der Waals surface area contributed by atoms with Gasteiger partial charge in [-0.2, -0.15) is 0 Å². The number of fused-ring (bicyclic) bond motifs is 1. The molecule has 0 aliphatic heterocycles. The zero-order chi connectivity index (χ0) is 11.9. The normalized spacial score (nSPS) is 10.9. The Morgan fingerprint density at radius 3 is 2.75 bits per heavy atom. The summed E-state index contributed by atoms with van der Waals surface area (Å²) in [7, 11) is 1.65. The molecule has 1 aromatic carbocycles. The second kappa shape index (κ2) is 3.81. The first kappa shape index (κ1) is 11.0. The van der Waals surface area contributed by atoms with E-state index >= 15 is 0 Å². The quantitative estimate of drug-likeness (QED) is 0.843. The van der Waals surface area contributed by atoms with Crippen LogP contribution in [0.1, 0.15) is 16.1 Å². The molecule has 2 aromatic rings. The molecular weight excluding hydrogens is 230 g/mol. The summed E-state index contributed by atoms with van der Waals surface area (Å²) in [5.74, 6) is -1.06. The second-order valence-corrected chi connectivity index (χ2v) is 3.95. The lowest BCUT2D eigenvalue weighted by Gasteiger charge is -1.99. The molecule has 0 aliphatic rings. The molecule has 0 radical (unpaired) electrons. The summed E-state index contributed by atoms with van der Waals surface area (Å²) >= 11 is 5.85. The van der Waals surface area contributed by atoms with Crippen molar-refractivity contribution in [2.24, 2.45) is 7.05 Å². The topological polar surface area (TPSA) is 62.5 Å². The Labute approximate surface area is 96.7 Å². The van der Waals surface area contributed by atoms with Crippen molar-refractivity contribution in [3.8, 4) is 0 Å². The second-order valence-electron chi connectivity index (χ2n) is 3.51. The molecule has 84 valence electrons. The number of benzene rings is 1. The Morgan fingerprint density at radius 2 is 2.19 bits per heavy atom. The highest BCUT2D eigenvalue weighted by Crippen LogP contribution is 2.28. The molecule has 0 spiro atoms. The van der Waals surface area contributed by atoms with Crippen molar-refractivity contribution in [1.82, 2.24) is 4.57 Å². The summed E-state index contributed by atoms with van der Waals surface area (Å²) in [5, 5.41) is 19.5. The van der Waals surface area contributed by atoms with Gasteiger partial charge in [-0.25, -0.2) is 4.79 Å². The van der Waals surface area contributed by atoms with Crippen molar-refractivity contribution >= 4 is 28.5 Å². The van der Waals surface area contributed by atoms with Gasteiger partial charge in [-0.3, -0.25) is 0 Å². The fraction of sp³-hybridized carbons (Fsp3) is 0.182. The first-order valence-electron chi connectivity index (χ1n) is 4.67. The minimum atomic E-state index is -1.06. The van der Waals surface area contributed by atoms with Crippen LogP contribution in [0.25, 0.3) is 10.9 Å². The van der Waals surface area contributed by atoms with Crippen LogP contribution in [-0.4, -0.2) is 20.7 Å². The molecule has 16 heavy (non-hydrogen) atoms. The number of aliphatic hydroxyl groups is 1. The maximum Gasteiger partial charge on any atom is 0.352 e. The molecule has 4 nitrogen and oxygen atoms in total. The van der Waals surface area contributed by atoms with Gasteiger partial charge in [0.2, 0.25) is 0 Å². The summed E-state index contributed by atoms with van der Waals surface area (Å²) in [6.07, 6.45) is 0. The van der Waals surface area contributed by atoms with Crippen LogP contribution in [0.2, 0.25) is 5.02 Å². The third kappa shape index (κ3) is 1.47. The number of carbonyl (C=O) groups is 1. The number of carboxylic acids is 1. The molecular formula is C11H10ClNO3. The average molecular weight is 240 g/mol. The Bertz CT molecular complexity index is 574. The van der Waals surface area contributed by atoms with E-state index in [1.54, 1.807) is 29.8 Å². The first-order chi connectivity index (χ1) is 7.56. The molecule has 0 saturated carbocycles. The average Bonchev–Trinajstić information content (AvgIpc) is 2.50. The Hall–Kier alpha value is -1.52. The van der Waals surface area contributed by atoms with Crippen LogP contribution in [0.4, 0.5) is 0 Å². The minimum Gasteiger partial charge on any atom is -0.477 e. The number of hydrogen-bond donors (Lipinski definition) is 2. The molecule has 0 saturated heterocycles. The predicted octanol–water partition coefficient (Wildman–Crippen LogP) is 2.02. The van der Waals surface area contributed by atoms with E-state index in [1.807, 2.05) is 0 Å². The lowest BCUT2D eigenvalue weighted by Crippen LogP contribution is -2.07. The fourth-order valence-corrected chi connectivity index (χ4v) is 2.10. The third-order valence-corrected chi connectivity index (χ3v) is 2.86. The summed E-state index contributed by atoms with van der Waals surface area (Å²) < 4.78 is 1.54. The molecule has 1 aromatic heterocycles. The third-order valence-electron chi connectivity index (χ3n) is 2.63. The van der Waals surface area contributed by atoms with Gasteiger partial charge in [0, 0.05) is 28.5 Å². The lowest BCUT2D eigenvalue weighted by molar-refractivity contribution is 0.0683. The highest BCUT2D eigenvalue weighted by Gasteiger charge is 2.19. The van der Waals surface area contributed by atoms with Crippen molar-refractivity contribution in [3.63, 3.8) is 0 Å². The number of aromatic nitrogens is 1. The van der Waals surface area contributed by atoms with Gasteiger partial charge in [0.25, 0.3) is 0 Å². The smallest absolute Gasteiger partial charge is 0.352 e. The van der Waals surface area contributed by atoms with Gasteiger partial charge < -0.3 is 14.8 Å². The molecule has 0 fully saturated rings. The number of carboxylic acid groups (broad SMARTS) is 1. The van der Waals surface area contributed by atoms with Crippen LogP contribution in [0.3, 0.4) is 0 Å². The van der Waals surface area contributed by atoms with Crippen LogP contribution in [0, 0.1) is 0 Å². The van der Waals surface area contributed by atoms with Gasteiger partial charge in [-0.05, 0) is 18.2 Å². The first-order valence-corrected chi connectivity index (χ1v) is 5.05. The van der Waals surface area contributed by atoms with Crippen LogP contribution in [0.15, 0.2) is 18.2 Å². The largest absolute Gasteiger partial charge is 0.477 e. The molecule has 2 rings (SSSR count). The predicted molar refractivity (Wildman–Crippen MR) is 60.8 cm³/mol. The number of nitrogens with zero attached hydrogens (tertiary/aromatic N) is 1. The van der Waals surface area contributed by atoms with Gasteiger partial charge in [0.15, 0.2) is 0 Å². The number of halogens is 1. The van der Waals surface area contributed by atoms with Gasteiger partial charge in [-0.1, -0.05) is 11.6 Å². The molecule has 0 atom stereocenters. The monoisotopic (exact) mass is 239 g/mol. The van der Waals surface area contributed by atoms with E-state index in [0.717, 1.165) is 5.52 Å². The van der Waals surface area contributed by atoms with Crippen LogP contribution in [-0.2, 0) is 13.7 Å². The summed E-state index contributed by atoms with van der Waals surface area (Å²) in [4.78, 5) is 11.1. The van der Waals surface area contributed by atoms with Gasteiger partial charge >= 0.3 is 5.97 Å². The highest BCUT2D eigenvalue weighted by atomic mass is 35.5. The van der Waals surface area contributed by atoms with E-state index in [-0.39, 0.29) is 12.3 Å². The Kier molecular flexibility index (Phi) is 2.61. The van der Waals surface area contributed by atoms with E-state index in [2.05, 4.69) is 0 Å². The Morgan fingerprint density at radius 1 is 1.50 bits per heavy atom. The number of aryl methyl sites for hydroxylation is 1. The maximum atomic E-state index is 11.1.